The molecule has 3 saturated carbocycles. The Morgan fingerprint density at radius 2 is 2.00 bits per heavy atom. The monoisotopic (exact) mass is 357 g/mol. The second-order valence-corrected chi connectivity index (χ2v) is 7.20. The number of halogens is 1. The fraction of sp³-hybridized carbons (Fsp3) is 0.421. The summed E-state index contributed by atoms with van der Waals surface area (Å²) in [5.74, 6) is -1.73. The molecule has 3 aliphatic carbocycles. The van der Waals surface area contributed by atoms with E-state index < -0.39 is 17.7 Å². The average Bonchev–Trinajstić information content (AvgIpc) is 3.02. The normalized spacial score (nSPS) is 27.9. The first-order chi connectivity index (χ1) is 12.5. The number of nitrogens with zero attached hydrogens (tertiary/aromatic N) is 1. The van der Waals surface area contributed by atoms with Crippen LogP contribution in [0.3, 0.4) is 0 Å². The zero-order chi connectivity index (χ0) is 18.3. The van der Waals surface area contributed by atoms with Crippen LogP contribution in [0.1, 0.15) is 31.2 Å². The zero-order valence-electron chi connectivity index (χ0n) is 14.1. The van der Waals surface area contributed by atoms with Gasteiger partial charge in [0.25, 0.3) is 0 Å². The largest absolute Gasteiger partial charge is 0.481 e. The van der Waals surface area contributed by atoms with Gasteiger partial charge in [-0.15, -0.1) is 0 Å². The molecule has 0 radical (unpaired) electrons. The maximum Gasteiger partial charge on any atom is 0.308 e. The van der Waals surface area contributed by atoms with Gasteiger partial charge in [0.15, 0.2) is 0 Å². The van der Waals surface area contributed by atoms with Gasteiger partial charge in [-0.2, -0.15) is 0 Å². The van der Waals surface area contributed by atoms with Crippen molar-refractivity contribution in [1.29, 1.82) is 0 Å². The van der Waals surface area contributed by atoms with Crippen molar-refractivity contribution in [2.45, 2.75) is 31.7 Å². The molecule has 7 heteroatoms. The fourth-order valence-electron chi connectivity index (χ4n) is 4.53. The van der Waals surface area contributed by atoms with E-state index in [9.17, 15) is 19.1 Å². The molecule has 2 atom stereocenters. The quantitative estimate of drug-likeness (QED) is 0.733. The van der Waals surface area contributed by atoms with Gasteiger partial charge in [0.1, 0.15) is 11.5 Å². The molecule has 0 saturated heterocycles. The molecule has 3 fully saturated rings. The van der Waals surface area contributed by atoms with Crippen LogP contribution in [0, 0.1) is 23.6 Å². The first-order valence-electron chi connectivity index (χ1n) is 8.87. The Morgan fingerprint density at radius 3 is 2.73 bits per heavy atom. The number of aromatic amines is 1. The number of amides is 1. The van der Waals surface area contributed by atoms with Crippen molar-refractivity contribution in [1.82, 2.24) is 15.3 Å². The number of aromatic nitrogens is 2. The van der Waals surface area contributed by atoms with Crippen molar-refractivity contribution in [3.05, 3.63) is 35.9 Å². The van der Waals surface area contributed by atoms with E-state index in [1.807, 2.05) is 0 Å². The van der Waals surface area contributed by atoms with Crippen LogP contribution in [0.5, 0.6) is 0 Å². The molecule has 0 aliphatic heterocycles. The molecule has 2 bridgehead atoms. The van der Waals surface area contributed by atoms with Crippen molar-refractivity contribution in [3.8, 4) is 0 Å². The second kappa shape index (κ2) is 6.55. The van der Waals surface area contributed by atoms with E-state index in [-0.39, 0.29) is 23.8 Å². The Balaban J connectivity index is 1.50. The van der Waals surface area contributed by atoms with Crippen LogP contribution < -0.4 is 5.32 Å². The highest BCUT2D eigenvalue weighted by atomic mass is 19.1. The van der Waals surface area contributed by atoms with Gasteiger partial charge in [-0.05, 0) is 49.7 Å². The van der Waals surface area contributed by atoms with E-state index in [0.717, 1.165) is 31.9 Å². The zero-order valence-corrected chi connectivity index (χ0v) is 14.1. The minimum atomic E-state index is -0.827. The van der Waals surface area contributed by atoms with E-state index in [1.54, 1.807) is 12.3 Å². The summed E-state index contributed by atoms with van der Waals surface area (Å²) in [7, 11) is 0. The summed E-state index contributed by atoms with van der Waals surface area (Å²) >= 11 is 0. The number of hydrogen-bond acceptors (Lipinski definition) is 3. The number of pyridine rings is 1. The van der Waals surface area contributed by atoms with Crippen molar-refractivity contribution in [2.24, 2.45) is 17.8 Å². The van der Waals surface area contributed by atoms with E-state index in [1.165, 1.54) is 12.1 Å². The van der Waals surface area contributed by atoms with E-state index in [2.05, 4.69) is 15.3 Å². The van der Waals surface area contributed by atoms with Crippen LogP contribution in [0.2, 0.25) is 0 Å². The number of carboxylic acids is 1. The third kappa shape index (κ3) is 2.98. The minimum Gasteiger partial charge on any atom is -0.481 e. The molecule has 1 amide bonds. The van der Waals surface area contributed by atoms with Gasteiger partial charge in [-0.1, -0.05) is 0 Å². The molecule has 136 valence electrons. The number of fused-ring (bicyclic) bond motifs is 4. The van der Waals surface area contributed by atoms with E-state index >= 15 is 0 Å². The predicted molar refractivity (Wildman–Crippen MR) is 93.6 cm³/mol. The molecule has 3 aliphatic rings. The van der Waals surface area contributed by atoms with Gasteiger partial charge in [0.05, 0.1) is 12.1 Å². The highest BCUT2D eigenvalue weighted by molar-refractivity contribution is 5.95. The molecule has 5 rings (SSSR count). The molecule has 0 unspecified atom stereocenters. The van der Waals surface area contributed by atoms with Gasteiger partial charge >= 0.3 is 5.97 Å². The molecule has 6 nitrogen and oxygen atoms in total. The van der Waals surface area contributed by atoms with Gasteiger partial charge in [-0.25, -0.2) is 9.37 Å². The standard InChI is InChI=1S/C19H20FN3O3/c20-13-7-14-12(8-21-18(14)22-9-13)5-6-15(24)23-17-11-3-1-10(2-4-11)16(17)19(25)26/h5-11,16-17H,1-4H2,(H,21,22)(H,23,24)(H,25,26)/b6-5+/t10?,11?,16-,17-/m0/s1. The van der Waals surface area contributed by atoms with Crippen molar-refractivity contribution in [2.75, 3.05) is 0 Å². The number of H-pyrrole nitrogens is 1. The number of aliphatic carboxylic acids is 1. The van der Waals surface area contributed by atoms with Gasteiger partial charge in [-0.3, -0.25) is 9.59 Å². The SMILES string of the molecule is O=C(/C=C/c1c[nH]c2ncc(F)cc12)N[C@H]1C2CCC(CC2)[C@@H]1C(=O)O. The molecule has 2 aromatic heterocycles. The summed E-state index contributed by atoms with van der Waals surface area (Å²) in [5, 5.41) is 13.0. The number of nitrogens with one attached hydrogen (secondary N) is 2. The maximum atomic E-state index is 13.4. The van der Waals surface area contributed by atoms with Crippen LogP contribution in [0.25, 0.3) is 17.1 Å². The summed E-state index contributed by atoms with van der Waals surface area (Å²) in [5.41, 5.74) is 1.20. The molecule has 26 heavy (non-hydrogen) atoms. The summed E-state index contributed by atoms with van der Waals surface area (Å²) < 4.78 is 13.4. The first-order valence-corrected chi connectivity index (χ1v) is 8.87. The maximum absolute atomic E-state index is 13.4. The third-order valence-corrected chi connectivity index (χ3v) is 5.76. The number of carbonyl (C=O) groups excluding carboxylic acids is 1. The Labute approximate surface area is 149 Å². The van der Waals surface area contributed by atoms with E-state index in [4.69, 9.17) is 0 Å². The Kier molecular flexibility index (Phi) is 4.22. The number of hydrogen-bond donors (Lipinski definition) is 3. The van der Waals surface area contributed by atoms with Crippen LogP contribution in [0.15, 0.2) is 24.5 Å². The Bertz CT molecular complexity index is 883. The fourth-order valence-corrected chi connectivity index (χ4v) is 4.53. The molecule has 2 aromatic rings. The summed E-state index contributed by atoms with van der Waals surface area (Å²) in [6.45, 7) is 0. The molecule has 0 aromatic carbocycles. The smallest absolute Gasteiger partial charge is 0.308 e. The number of carboxylic acid groups (broad SMARTS) is 1. The lowest BCUT2D eigenvalue weighted by molar-refractivity contribution is -0.150. The topological polar surface area (TPSA) is 95.1 Å². The lowest BCUT2D eigenvalue weighted by Crippen LogP contribution is -2.55. The Morgan fingerprint density at radius 1 is 1.27 bits per heavy atom. The van der Waals surface area contributed by atoms with Gasteiger partial charge in [0.2, 0.25) is 5.91 Å². The molecule has 2 heterocycles. The average molecular weight is 357 g/mol. The highest BCUT2D eigenvalue weighted by Crippen LogP contribution is 2.45. The summed E-state index contributed by atoms with van der Waals surface area (Å²) in [4.78, 5) is 30.9. The van der Waals surface area contributed by atoms with Gasteiger partial charge in [0, 0.05) is 29.3 Å². The van der Waals surface area contributed by atoms with Gasteiger partial charge < -0.3 is 15.4 Å². The second-order valence-electron chi connectivity index (χ2n) is 7.20. The molecule has 0 spiro atoms. The number of carbonyl (C=O) groups is 2. The van der Waals surface area contributed by atoms with Crippen LogP contribution in [-0.2, 0) is 9.59 Å². The minimum absolute atomic E-state index is 0.148. The molecular weight excluding hydrogens is 337 g/mol. The van der Waals surface area contributed by atoms with Crippen molar-refractivity contribution in [3.63, 3.8) is 0 Å². The van der Waals surface area contributed by atoms with Crippen LogP contribution in [0.4, 0.5) is 4.39 Å². The highest BCUT2D eigenvalue weighted by Gasteiger charge is 2.47. The summed E-state index contributed by atoms with van der Waals surface area (Å²) in [6.07, 6.45) is 9.54. The van der Waals surface area contributed by atoms with E-state index in [0.29, 0.717) is 16.6 Å². The molecule has 3 N–H and O–H groups in total. The Hall–Kier alpha value is -2.70. The predicted octanol–water partition coefficient (Wildman–Crippen LogP) is 2.72. The number of rotatable bonds is 4. The third-order valence-electron chi connectivity index (χ3n) is 5.76. The molecular formula is C19H20FN3O3. The van der Waals surface area contributed by atoms with Crippen LogP contribution in [-0.4, -0.2) is 33.0 Å². The lowest BCUT2D eigenvalue weighted by atomic mass is 9.61. The van der Waals surface area contributed by atoms with Crippen molar-refractivity contribution < 1.29 is 19.1 Å². The van der Waals surface area contributed by atoms with Crippen LogP contribution >= 0.6 is 0 Å². The van der Waals surface area contributed by atoms with Crippen molar-refractivity contribution >= 4 is 29.0 Å². The lowest BCUT2D eigenvalue weighted by Gasteiger charge is -2.46. The first kappa shape index (κ1) is 16.8. The summed E-state index contributed by atoms with van der Waals surface area (Å²) in [6, 6.07) is 1.04.